The zero-order chi connectivity index (χ0) is 13.1. The number of rotatable bonds is 4. The lowest BCUT2D eigenvalue weighted by Gasteiger charge is -2.05. The lowest BCUT2D eigenvalue weighted by molar-refractivity contribution is 0.445. The molecule has 0 saturated heterocycles. The van der Waals surface area contributed by atoms with Crippen LogP contribution in [-0.4, -0.2) is 0 Å². The van der Waals surface area contributed by atoms with E-state index in [1.54, 1.807) is 6.08 Å². The molecule has 0 aliphatic carbocycles. The van der Waals surface area contributed by atoms with E-state index in [1.165, 1.54) is 5.56 Å². The molecule has 0 fully saturated rings. The molecule has 1 nitrogen and oxygen atoms in total. The monoisotopic (exact) mass is 230 g/mol. The maximum Gasteiger partial charge on any atom is 0.127 e. The fraction of sp³-hybridized carbons (Fsp3) is 0.250. The highest BCUT2D eigenvalue weighted by atomic mass is 16.5. The number of aryl methyl sites for hydroxylation is 1. The van der Waals surface area contributed by atoms with Crippen LogP contribution in [0, 0.1) is 6.92 Å². The second-order valence-corrected chi connectivity index (χ2v) is 3.21. The number of allylic oxidation sites excluding steroid dienone is 4. The van der Waals surface area contributed by atoms with Gasteiger partial charge in [0.15, 0.2) is 0 Å². The molecule has 92 valence electrons. The van der Waals surface area contributed by atoms with Gasteiger partial charge in [0.2, 0.25) is 0 Å². The highest BCUT2D eigenvalue weighted by Gasteiger charge is 1.94. The minimum atomic E-state index is 0.747. The fourth-order valence-electron chi connectivity index (χ4n) is 1.08. The molecule has 0 aliphatic rings. The molecule has 17 heavy (non-hydrogen) atoms. The maximum atomic E-state index is 5.61. The summed E-state index contributed by atoms with van der Waals surface area (Å²) in [5.41, 5.74) is 1.22. The van der Waals surface area contributed by atoms with E-state index in [0.29, 0.717) is 0 Å². The molecule has 0 heterocycles. The van der Waals surface area contributed by atoms with Gasteiger partial charge in [-0.1, -0.05) is 50.3 Å². The molecule has 0 atom stereocenters. The van der Waals surface area contributed by atoms with Crippen molar-refractivity contribution in [2.45, 2.75) is 27.7 Å². The Hall–Kier alpha value is -1.76. The quantitative estimate of drug-likeness (QED) is 0.519. The Kier molecular flexibility index (Phi) is 8.48. The van der Waals surface area contributed by atoms with Crippen molar-refractivity contribution in [1.82, 2.24) is 0 Å². The average molecular weight is 230 g/mol. The number of hydrogen-bond donors (Lipinski definition) is 0. The summed E-state index contributed by atoms with van der Waals surface area (Å²) < 4.78 is 5.61. The fourth-order valence-corrected chi connectivity index (χ4v) is 1.08. The third-order valence-corrected chi connectivity index (χ3v) is 1.91. The van der Waals surface area contributed by atoms with Gasteiger partial charge in [0.1, 0.15) is 11.5 Å². The normalized spacial score (nSPS) is 10.7. The highest BCUT2D eigenvalue weighted by molar-refractivity contribution is 5.30. The van der Waals surface area contributed by atoms with E-state index in [1.807, 2.05) is 70.2 Å². The Labute approximate surface area is 105 Å². The van der Waals surface area contributed by atoms with Gasteiger partial charge in [-0.25, -0.2) is 0 Å². The Morgan fingerprint density at radius 2 is 1.76 bits per heavy atom. The Bertz CT molecular complexity index is 369. The van der Waals surface area contributed by atoms with E-state index >= 15 is 0 Å². The smallest absolute Gasteiger partial charge is 0.127 e. The number of benzene rings is 1. The summed E-state index contributed by atoms with van der Waals surface area (Å²) in [6.45, 7) is 11.7. The van der Waals surface area contributed by atoms with Crippen molar-refractivity contribution in [2.75, 3.05) is 0 Å². The Morgan fingerprint density at radius 1 is 1.18 bits per heavy atom. The van der Waals surface area contributed by atoms with Gasteiger partial charge in [-0.2, -0.15) is 0 Å². The van der Waals surface area contributed by atoms with E-state index in [4.69, 9.17) is 4.74 Å². The summed E-state index contributed by atoms with van der Waals surface area (Å²) in [7, 11) is 0. The van der Waals surface area contributed by atoms with E-state index in [-0.39, 0.29) is 0 Å². The van der Waals surface area contributed by atoms with Crippen molar-refractivity contribution < 1.29 is 4.74 Å². The molecule has 0 radical (unpaired) electrons. The van der Waals surface area contributed by atoms with Gasteiger partial charge >= 0.3 is 0 Å². The van der Waals surface area contributed by atoms with Gasteiger partial charge in [0, 0.05) is 0 Å². The van der Waals surface area contributed by atoms with Crippen LogP contribution < -0.4 is 4.74 Å². The SMILES string of the molecule is C=C/C(=C\C=C/C)Oc1ccc(C)cc1.CC. The van der Waals surface area contributed by atoms with Gasteiger partial charge in [-0.05, 0) is 38.1 Å². The van der Waals surface area contributed by atoms with Crippen molar-refractivity contribution >= 4 is 0 Å². The van der Waals surface area contributed by atoms with Crippen LogP contribution in [0.25, 0.3) is 0 Å². The topological polar surface area (TPSA) is 9.23 Å². The van der Waals surface area contributed by atoms with Crippen molar-refractivity contribution in [2.24, 2.45) is 0 Å². The Balaban J connectivity index is 0.00000121. The molecule has 1 heteroatoms. The van der Waals surface area contributed by atoms with Crippen molar-refractivity contribution in [3.05, 3.63) is 66.5 Å². The van der Waals surface area contributed by atoms with Crippen LogP contribution in [0.4, 0.5) is 0 Å². The molecule has 1 aromatic rings. The van der Waals surface area contributed by atoms with E-state index in [2.05, 4.69) is 6.58 Å². The van der Waals surface area contributed by atoms with E-state index in [0.717, 1.165) is 11.5 Å². The molecule has 0 bridgehead atoms. The first-order valence-electron chi connectivity index (χ1n) is 5.96. The number of hydrogen-bond acceptors (Lipinski definition) is 1. The first-order chi connectivity index (χ1) is 8.26. The molecule has 1 rings (SSSR count). The zero-order valence-electron chi connectivity index (χ0n) is 11.2. The van der Waals surface area contributed by atoms with E-state index < -0.39 is 0 Å². The predicted molar refractivity (Wildman–Crippen MR) is 76.2 cm³/mol. The summed E-state index contributed by atoms with van der Waals surface area (Å²) in [4.78, 5) is 0. The first kappa shape index (κ1) is 15.2. The lowest BCUT2D eigenvalue weighted by Crippen LogP contribution is -1.91. The van der Waals surface area contributed by atoms with Gasteiger partial charge in [-0.15, -0.1) is 0 Å². The molecule has 0 saturated carbocycles. The summed E-state index contributed by atoms with van der Waals surface area (Å²) in [6.07, 6.45) is 7.44. The van der Waals surface area contributed by atoms with Gasteiger partial charge in [0.05, 0.1) is 0 Å². The summed E-state index contributed by atoms with van der Waals surface area (Å²) in [5.74, 6) is 1.58. The molecule has 0 amide bonds. The van der Waals surface area contributed by atoms with Gasteiger partial charge in [-0.3, -0.25) is 0 Å². The van der Waals surface area contributed by atoms with Crippen LogP contribution in [-0.2, 0) is 0 Å². The molecule has 0 aliphatic heterocycles. The lowest BCUT2D eigenvalue weighted by atomic mass is 10.2. The van der Waals surface area contributed by atoms with E-state index in [9.17, 15) is 0 Å². The van der Waals surface area contributed by atoms with Gasteiger partial charge in [0.25, 0.3) is 0 Å². The third-order valence-electron chi connectivity index (χ3n) is 1.91. The van der Waals surface area contributed by atoms with Crippen molar-refractivity contribution in [3.8, 4) is 5.75 Å². The van der Waals surface area contributed by atoms with Crippen LogP contribution in [0.3, 0.4) is 0 Å². The second-order valence-electron chi connectivity index (χ2n) is 3.21. The average Bonchev–Trinajstić information content (AvgIpc) is 2.39. The summed E-state index contributed by atoms with van der Waals surface area (Å²) in [6, 6.07) is 7.93. The van der Waals surface area contributed by atoms with Crippen LogP contribution in [0.5, 0.6) is 5.75 Å². The molecule has 0 N–H and O–H groups in total. The largest absolute Gasteiger partial charge is 0.457 e. The minimum Gasteiger partial charge on any atom is -0.457 e. The van der Waals surface area contributed by atoms with Crippen LogP contribution in [0.2, 0.25) is 0 Å². The summed E-state index contributed by atoms with van der Waals surface area (Å²) >= 11 is 0. The number of ether oxygens (including phenoxy) is 1. The van der Waals surface area contributed by atoms with Crippen LogP contribution >= 0.6 is 0 Å². The zero-order valence-corrected chi connectivity index (χ0v) is 11.2. The van der Waals surface area contributed by atoms with Gasteiger partial charge < -0.3 is 4.74 Å². The van der Waals surface area contributed by atoms with Crippen LogP contribution in [0.1, 0.15) is 26.3 Å². The summed E-state index contributed by atoms with van der Waals surface area (Å²) in [5, 5.41) is 0. The van der Waals surface area contributed by atoms with Crippen LogP contribution in [0.15, 0.2) is 60.9 Å². The predicted octanol–water partition coefficient (Wildman–Crippen LogP) is 5.05. The Morgan fingerprint density at radius 3 is 2.24 bits per heavy atom. The molecule has 0 spiro atoms. The first-order valence-corrected chi connectivity index (χ1v) is 5.96. The standard InChI is InChI=1S/C14H16O.C2H6/c1-4-6-7-13(5-2)15-14-10-8-12(3)9-11-14;1-2/h4-11H,2H2,1,3H3;1-2H3/b6-4-,13-7+;. The third kappa shape index (κ3) is 6.41. The minimum absolute atomic E-state index is 0.747. The van der Waals surface area contributed by atoms with Crippen molar-refractivity contribution in [3.63, 3.8) is 0 Å². The molecule has 0 unspecified atom stereocenters. The maximum absolute atomic E-state index is 5.61. The molecular formula is C16H22O. The molecule has 0 aromatic heterocycles. The second kappa shape index (κ2) is 9.46. The molecule has 1 aromatic carbocycles. The highest BCUT2D eigenvalue weighted by Crippen LogP contribution is 2.15. The molecular weight excluding hydrogens is 208 g/mol. The van der Waals surface area contributed by atoms with Crippen molar-refractivity contribution in [1.29, 1.82) is 0 Å².